The summed E-state index contributed by atoms with van der Waals surface area (Å²) in [6.45, 7) is 11.4. The highest BCUT2D eigenvalue weighted by Gasteiger charge is 2.35. The minimum atomic E-state index is -1.18. The number of imidazole rings is 7. The third-order valence-electron chi connectivity index (χ3n) is 24.5. The van der Waals surface area contributed by atoms with Crippen LogP contribution in [-0.4, -0.2) is 209 Å². The summed E-state index contributed by atoms with van der Waals surface area (Å²) in [5, 5.41) is 55.5. The third-order valence-corrected chi connectivity index (χ3v) is 25.4. The normalized spacial score (nSPS) is 14.2. The number of hydrogen-bond donors (Lipinski definition) is 5. The van der Waals surface area contributed by atoms with Gasteiger partial charge in [-0.2, -0.15) is 0 Å². The second-order valence-corrected chi connectivity index (χ2v) is 37.6. The number of nitrogens with zero attached hydrogens (tertiary/aromatic N) is 26. The van der Waals surface area contributed by atoms with Gasteiger partial charge in [0.25, 0.3) is 11.8 Å². The number of ether oxygens (including phenoxy) is 4. The molecule has 43 nitrogen and oxygen atoms in total. The zero-order chi connectivity index (χ0) is 103. The molecule has 22 rings (SSSR count). The average Bonchev–Trinajstić information content (AvgIpc) is 1.65. The van der Waals surface area contributed by atoms with Crippen LogP contribution in [0.1, 0.15) is 270 Å². The number of nitrogens with two attached hydrogens (primary N) is 1. The van der Waals surface area contributed by atoms with Crippen molar-refractivity contribution < 1.29 is 80.7 Å². The van der Waals surface area contributed by atoms with Crippen molar-refractivity contribution in [1.29, 1.82) is 0 Å². The number of aliphatic carboxylic acids is 1. The van der Waals surface area contributed by atoms with Crippen LogP contribution >= 0.6 is 47.2 Å². The topological polar surface area (TPSA) is 508 Å². The number of hydrogen-bond acceptors (Lipinski definition) is 28. The molecule has 4 unspecified atom stereocenters. The molecular weight excluding hydrogens is 2010 g/mol. The van der Waals surface area contributed by atoms with E-state index in [9.17, 15) is 56.6 Å². The number of aromatic carboxylic acids is 1. The maximum absolute atomic E-state index is 14.5. The summed E-state index contributed by atoms with van der Waals surface area (Å²) in [6.07, 6.45) is 39.5. The van der Waals surface area contributed by atoms with Crippen LogP contribution in [0.25, 0.3) is 39.1 Å². The molecule has 4 atom stereocenters. The van der Waals surface area contributed by atoms with E-state index in [0.29, 0.717) is 74.7 Å². The highest BCUT2D eigenvalue weighted by atomic mass is 35.5. The highest BCUT2D eigenvalue weighted by molar-refractivity contribution is 6.31. The number of carbonyl (C=O) groups is 8. The molecule has 18 heterocycles. The van der Waals surface area contributed by atoms with Gasteiger partial charge in [0, 0.05) is 74.7 Å². The molecule has 18 aromatic heterocycles. The maximum Gasteiger partial charge on any atom is 0.361 e. The fourth-order valence-corrected chi connectivity index (χ4v) is 17.1. The molecule has 768 valence electrons. The van der Waals surface area contributed by atoms with Gasteiger partial charge in [0.2, 0.25) is 0 Å². The number of aromatic nitrogens is 26. The Morgan fingerprint density at radius 2 is 0.696 bits per heavy atom. The summed E-state index contributed by atoms with van der Waals surface area (Å²) in [4.78, 5) is 128. The second-order valence-electron chi connectivity index (χ2n) is 36.3. The van der Waals surface area contributed by atoms with Crippen molar-refractivity contribution in [3.05, 3.63) is 296 Å². The van der Waals surface area contributed by atoms with Crippen LogP contribution in [0.5, 0.6) is 0 Å². The fraction of sp³-hybridized carbons (Fsp3) is 0.337. The first-order valence-corrected chi connectivity index (χ1v) is 48.4. The average molecular weight is 2100 g/mol. The lowest BCUT2D eigenvalue weighted by Gasteiger charge is -2.18. The van der Waals surface area contributed by atoms with Gasteiger partial charge in [0.1, 0.15) is 68.9 Å². The van der Waals surface area contributed by atoms with Gasteiger partial charge in [-0.05, 0) is 181 Å². The Kier molecular flexibility index (Phi) is 31.2. The van der Waals surface area contributed by atoms with Crippen molar-refractivity contribution in [2.45, 2.75) is 192 Å². The standard InChI is InChI=1S/C26H24ClFN8O3.C24H20ClFN8O3.C22H27N5O4.C18H19N5O4.C8H7ClFN3.ClH/c1-2-39-23(37)9-21(19-12-35-11-16(15-3-4-15)5-6-22(35)31-19)36-13-20(32-33-36)26(38)29-10-18-25-24(28)17(27)7-8-34(25)14-30-18;25-15-5-6-32-12-28-16(23(32)22(15)26)8-27-24(37)18-11-34(31-30-18)19(7-21(35)36)17-10-33-9-14(13-1-2-13)3-4-20(33)29-17;1-5-30-20(28)10-18(27-13-17(24-25-27)21(29)31-22(2,3)4)16-12-26-11-15(14-6-7-14)8-9-19(26)23-16;1-2-27-17(24)7-15(23-10-14(18(25)26)20-21-23)13-9-22-8-12(11-3-4-11)5-6-16(22)19-13;9-5-1-2-13-4-12-6(3-11)8(13)7(5)10;/h5-8,11-15,21H,2-4,9-10H2,1H3,(H,29,38);3-6,9-13,19H,1-2,7-8H2,(H,27,37)(H,35,36);8-9,11-14,18H,5-7,10H2,1-4H3;5-6,8-11,15H,2-4,7H2,1H3,(H,25,26);1-2,4H,3,11H2;1H. The van der Waals surface area contributed by atoms with E-state index in [1.165, 1.54) is 150 Å². The molecule has 50 heteroatoms. The summed E-state index contributed by atoms with van der Waals surface area (Å²) in [7, 11) is 0. The van der Waals surface area contributed by atoms with Crippen molar-refractivity contribution in [3.63, 3.8) is 0 Å². The molecule has 2 amide bonds. The molecule has 0 aliphatic heterocycles. The lowest BCUT2D eigenvalue weighted by molar-refractivity contribution is -0.144. The van der Waals surface area contributed by atoms with Gasteiger partial charge < -0.3 is 76.3 Å². The summed E-state index contributed by atoms with van der Waals surface area (Å²) in [5.41, 5.74) is 16.7. The summed E-state index contributed by atoms with van der Waals surface area (Å²) in [5.74, 6) is -4.46. The molecule has 0 radical (unpaired) electrons. The van der Waals surface area contributed by atoms with Crippen LogP contribution in [0.15, 0.2) is 179 Å². The van der Waals surface area contributed by atoms with Crippen LogP contribution < -0.4 is 16.4 Å². The molecule has 0 aromatic carbocycles. The lowest BCUT2D eigenvalue weighted by Crippen LogP contribution is -2.24. The molecule has 148 heavy (non-hydrogen) atoms. The Hall–Kier alpha value is -15.9. The number of amides is 2. The van der Waals surface area contributed by atoms with Gasteiger partial charge in [-0.3, -0.25) is 28.8 Å². The molecule has 0 bridgehead atoms. The third kappa shape index (κ3) is 24.1. The van der Waals surface area contributed by atoms with E-state index in [1.807, 2.05) is 72.7 Å². The Morgan fingerprint density at radius 1 is 0.405 bits per heavy atom. The van der Waals surface area contributed by atoms with E-state index in [4.69, 9.17) is 69.6 Å². The Labute approximate surface area is 859 Å². The van der Waals surface area contributed by atoms with E-state index >= 15 is 0 Å². The van der Waals surface area contributed by atoms with Gasteiger partial charge in [-0.25, -0.2) is 76.4 Å². The van der Waals surface area contributed by atoms with Crippen LogP contribution in [0.2, 0.25) is 15.1 Å². The number of carbonyl (C=O) groups excluding carboxylic acids is 6. The first-order valence-electron chi connectivity index (χ1n) is 47.2. The highest BCUT2D eigenvalue weighted by Crippen LogP contribution is 2.44. The van der Waals surface area contributed by atoms with E-state index in [2.05, 4.69) is 119 Å². The predicted molar refractivity (Wildman–Crippen MR) is 527 cm³/mol. The van der Waals surface area contributed by atoms with Crippen LogP contribution in [0, 0.1) is 17.5 Å². The first kappa shape index (κ1) is 103. The van der Waals surface area contributed by atoms with E-state index in [1.54, 1.807) is 70.7 Å². The zero-order valence-electron chi connectivity index (χ0n) is 80.3. The molecule has 0 spiro atoms. The Balaban J connectivity index is 0.000000130. The number of fused-ring (bicyclic) bond motifs is 7. The van der Waals surface area contributed by atoms with Gasteiger partial charge in [-0.1, -0.05) is 79.9 Å². The predicted octanol–water partition coefficient (Wildman–Crippen LogP) is 14.3. The summed E-state index contributed by atoms with van der Waals surface area (Å²) < 4.78 is 80.9. The summed E-state index contributed by atoms with van der Waals surface area (Å²) in [6, 6.07) is 17.8. The smallest absolute Gasteiger partial charge is 0.361 e. The molecule has 6 N–H and O–H groups in total. The second kappa shape index (κ2) is 44.6. The summed E-state index contributed by atoms with van der Waals surface area (Å²) >= 11 is 17.4. The minimum Gasteiger partial charge on any atom is -0.481 e. The van der Waals surface area contributed by atoms with Gasteiger partial charge in [-0.15, -0.1) is 32.8 Å². The van der Waals surface area contributed by atoms with Gasteiger partial charge >= 0.3 is 35.8 Å². The van der Waals surface area contributed by atoms with Crippen molar-refractivity contribution in [1.82, 2.24) is 136 Å². The number of rotatable bonds is 32. The monoisotopic (exact) mass is 2100 g/mol. The maximum atomic E-state index is 14.5. The molecule has 4 aliphatic rings. The minimum absolute atomic E-state index is 0. The van der Waals surface area contributed by atoms with E-state index in [-0.39, 0.29) is 132 Å². The van der Waals surface area contributed by atoms with Crippen LogP contribution in [0.3, 0.4) is 0 Å². The molecule has 4 aliphatic carbocycles. The number of halogens is 7. The number of pyridine rings is 7. The molecular formula is C98H98Cl4F3N29O14. The molecule has 4 fully saturated rings. The lowest BCUT2D eigenvalue weighted by atomic mass is 10.1. The fourth-order valence-electron chi connectivity index (χ4n) is 16.6. The molecule has 18 aromatic rings. The van der Waals surface area contributed by atoms with Crippen LogP contribution in [0.4, 0.5) is 13.2 Å². The number of esters is 4. The largest absolute Gasteiger partial charge is 0.481 e. The molecule has 0 saturated heterocycles. The number of nitrogens with one attached hydrogen (secondary N) is 2. The zero-order valence-corrected chi connectivity index (χ0v) is 83.3. The van der Waals surface area contributed by atoms with Crippen molar-refractivity contribution >= 4 is 134 Å². The Bertz CT molecular complexity index is 8010. The Morgan fingerprint density at radius 3 is 0.986 bits per heavy atom. The SMILES string of the molecule is CCOC(=O)CC(c1cn2cc(C3CC3)ccc2n1)n1cc(C(=O)NCc2ncn3ccc(Cl)c(F)c23)nn1.CCOC(=O)CC(c1cn2cc(C3CC3)ccc2n1)n1cc(C(=O)O)nn1.CCOC(=O)CC(c1cn2cc(C3CC3)ccc2n1)n1cc(C(=O)OC(C)(C)C)nn1.Cl.NCc1ncn2ccc(Cl)c(F)c12.O=C(O)CC(c1cn2cc(C3CC3)ccc2n1)n1cc(C(=O)NCc2ncn3ccc(Cl)c(F)c23)nn1. The first-order chi connectivity index (χ1) is 70.8. The van der Waals surface area contributed by atoms with Crippen molar-refractivity contribution in [3.8, 4) is 0 Å². The van der Waals surface area contributed by atoms with Gasteiger partial charge in [0.15, 0.2) is 40.2 Å². The van der Waals surface area contributed by atoms with Crippen molar-refractivity contribution in [2.24, 2.45) is 5.73 Å². The van der Waals surface area contributed by atoms with Gasteiger partial charge in [0.05, 0.1) is 157 Å². The van der Waals surface area contributed by atoms with Crippen molar-refractivity contribution in [2.75, 3.05) is 19.8 Å². The molecule has 4 saturated carbocycles. The van der Waals surface area contributed by atoms with Crippen LogP contribution in [-0.2, 0) is 57.8 Å². The number of carboxylic acid groups (broad SMARTS) is 2. The number of carboxylic acids is 2. The van der Waals surface area contributed by atoms with E-state index < -0.39 is 88.9 Å². The quantitative estimate of drug-likeness (QED) is 0.0193. The van der Waals surface area contributed by atoms with E-state index in [0.717, 1.165) is 29.8 Å².